The van der Waals surface area contributed by atoms with Gasteiger partial charge in [0.1, 0.15) is 5.76 Å². The van der Waals surface area contributed by atoms with Crippen molar-refractivity contribution in [1.82, 2.24) is 4.90 Å². The van der Waals surface area contributed by atoms with Crippen LogP contribution in [0, 0.1) is 5.92 Å². The van der Waals surface area contributed by atoms with Crippen LogP contribution in [0.25, 0.3) is 0 Å². The molecular weight excluding hydrogens is 250 g/mol. The van der Waals surface area contributed by atoms with E-state index in [1.54, 1.807) is 12.3 Å². The normalized spacial score (nSPS) is 20.1. The third-order valence-electron chi connectivity index (χ3n) is 3.62. The predicted octanol–water partition coefficient (Wildman–Crippen LogP) is 3.32. The molecule has 0 aliphatic carbocycles. The van der Waals surface area contributed by atoms with Crippen molar-refractivity contribution in [2.24, 2.45) is 5.92 Å². The summed E-state index contributed by atoms with van der Waals surface area (Å²) in [6.45, 7) is 3.69. The Balaban J connectivity index is 2.04. The zero-order chi connectivity index (χ0) is 13.0. The monoisotopic (exact) mass is 269 g/mol. The molecule has 0 aromatic carbocycles. The molecule has 1 atom stereocenters. The van der Waals surface area contributed by atoms with Crippen molar-refractivity contribution in [2.75, 3.05) is 19.0 Å². The number of rotatable bonds is 4. The number of furan rings is 1. The van der Waals surface area contributed by atoms with E-state index in [4.69, 9.17) is 16.0 Å². The summed E-state index contributed by atoms with van der Waals surface area (Å²) < 4.78 is 5.33. The van der Waals surface area contributed by atoms with Gasteiger partial charge >= 0.3 is 0 Å². The summed E-state index contributed by atoms with van der Waals surface area (Å²) in [7, 11) is 0. The first-order chi connectivity index (χ1) is 8.76. The molecule has 100 valence electrons. The maximum absolute atomic E-state index is 12.4. The maximum Gasteiger partial charge on any atom is 0.257 e. The van der Waals surface area contributed by atoms with Gasteiger partial charge in [0, 0.05) is 25.4 Å². The van der Waals surface area contributed by atoms with E-state index >= 15 is 0 Å². The van der Waals surface area contributed by atoms with Crippen LogP contribution in [0.5, 0.6) is 0 Å². The lowest BCUT2D eigenvalue weighted by atomic mass is 9.95. The molecule has 1 aromatic heterocycles. The van der Waals surface area contributed by atoms with E-state index in [-0.39, 0.29) is 5.91 Å². The number of halogens is 1. The summed E-state index contributed by atoms with van der Waals surface area (Å²) >= 11 is 5.79. The van der Waals surface area contributed by atoms with E-state index in [9.17, 15) is 4.79 Å². The third kappa shape index (κ3) is 2.89. The van der Waals surface area contributed by atoms with E-state index in [1.807, 2.05) is 11.8 Å². The minimum atomic E-state index is 0.111. The Bertz CT molecular complexity index is 400. The zero-order valence-electron chi connectivity index (χ0n) is 10.8. The second kappa shape index (κ2) is 6.28. The van der Waals surface area contributed by atoms with Gasteiger partial charge < -0.3 is 9.32 Å². The van der Waals surface area contributed by atoms with Gasteiger partial charge in [0.25, 0.3) is 5.91 Å². The van der Waals surface area contributed by atoms with Crippen molar-refractivity contribution >= 4 is 17.5 Å². The minimum absolute atomic E-state index is 0.111. The van der Waals surface area contributed by atoms with Gasteiger partial charge in [-0.15, -0.1) is 11.6 Å². The fourth-order valence-electron chi connectivity index (χ4n) is 2.61. The predicted molar refractivity (Wildman–Crippen MR) is 72.1 cm³/mol. The van der Waals surface area contributed by atoms with Crippen LogP contribution in [-0.2, 0) is 6.42 Å². The Morgan fingerprint density at radius 2 is 2.44 bits per heavy atom. The lowest BCUT2D eigenvalue weighted by molar-refractivity contribution is 0.0669. The number of piperidine rings is 1. The largest absolute Gasteiger partial charge is 0.469 e. The Morgan fingerprint density at radius 3 is 3.17 bits per heavy atom. The van der Waals surface area contributed by atoms with Crippen LogP contribution in [-0.4, -0.2) is 29.8 Å². The Hall–Kier alpha value is -0.960. The highest BCUT2D eigenvalue weighted by Gasteiger charge is 2.26. The number of nitrogens with zero attached hydrogens (tertiary/aromatic N) is 1. The van der Waals surface area contributed by atoms with Gasteiger partial charge in [0.2, 0.25) is 0 Å². The summed E-state index contributed by atoms with van der Waals surface area (Å²) in [4.78, 5) is 14.4. The number of hydrogen-bond acceptors (Lipinski definition) is 2. The standard InChI is InChI=1S/C14H20ClNO2/c1-2-13-12(6-9-18-13)14(17)16-8-3-4-11(10-16)5-7-15/h6,9,11H,2-5,7-8,10H2,1H3. The van der Waals surface area contributed by atoms with E-state index in [1.165, 1.54) is 6.42 Å². The highest BCUT2D eigenvalue weighted by molar-refractivity contribution is 6.17. The van der Waals surface area contributed by atoms with Crippen LogP contribution < -0.4 is 0 Å². The zero-order valence-corrected chi connectivity index (χ0v) is 11.6. The summed E-state index contributed by atoms with van der Waals surface area (Å²) in [6, 6.07) is 1.78. The molecule has 18 heavy (non-hydrogen) atoms. The molecule has 1 aliphatic rings. The number of amides is 1. The molecule has 0 radical (unpaired) electrons. The summed E-state index contributed by atoms with van der Waals surface area (Å²) in [5.74, 6) is 2.13. The van der Waals surface area contributed by atoms with E-state index < -0.39 is 0 Å². The molecule has 0 N–H and O–H groups in total. The number of carbonyl (C=O) groups excluding carboxylic acids is 1. The smallest absolute Gasteiger partial charge is 0.257 e. The first kappa shape index (κ1) is 13.5. The number of aryl methyl sites for hydroxylation is 1. The number of likely N-dealkylation sites (tertiary alicyclic amines) is 1. The SMILES string of the molecule is CCc1occc1C(=O)N1CCCC(CCCl)C1. The van der Waals surface area contributed by atoms with E-state index in [2.05, 4.69) is 0 Å². The lowest BCUT2D eigenvalue weighted by Gasteiger charge is -2.32. The van der Waals surface area contributed by atoms with Crippen LogP contribution in [0.2, 0.25) is 0 Å². The molecule has 1 saturated heterocycles. The van der Waals surface area contributed by atoms with Gasteiger partial charge in [-0.1, -0.05) is 6.92 Å². The van der Waals surface area contributed by atoms with Crippen molar-refractivity contribution in [1.29, 1.82) is 0 Å². The Morgan fingerprint density at radius 1 is 1.61 bits per heavy atom. The lowest BCUT2D eigenvalue weighted by Crippen LogP contribution is -2.40. The van der Waals surface area contributed by atoms with Crippen molar-refractivity contribution < 1.29 is 9.21 Å². The summed E-state index contributed by atoms with van der Waals surface area (Å²) in [5, 5.41) is 0. The van der Waals surface area contributed by atoms with Gasteiger partial charge in [0.05, 0.1) is 11.8 Å². The number of carbonyl (C=O) groups is 1. The van der Waals surface area contributed by atoms with E-state index in [0.717, 1.165) is 43.7 Å². The van der Waals surface area contributed by atoms with Crippen LogP contribution >= 0.6 is 11.6 Å². The average molecular weight is 270 g/mol. The van der Waals surface area contributed by atoms with Crippen molar-refractivity contribution in [3.05, 3.63) is 23.7 Å². The Kier molecular flexibility index (Phi) is 4.70. The van der Waals surface area contributed by atoms with Crippen molar-refractivity contribution in [3.8, 4) is 0 Å². The van der Waals surface area contributed by atoms with Gasteiger partial charge in [-0.3, -0.25) is 4.79 Å². The molecule has 1 aliphatic heterocycles. The third-order valence-corrected chi connectivity index (χ3v) is 3.84. The fourth-order valence-corrected chi connectivity index (χ4v) is 2.92. The maximum atomic E-state index is 12.4. The summed E-state index contributed by atoms with van der Waals surface area (Å²) in [6.07, 6.45) is 5.62. The van der Waals surface area contributed by atoms with Crippen molar-refractivity contribution in [2.45, 2.75) is 32.6 Å². The molecule has 4 heteroatoms. The van der Waals surface area contributed by atoms with Crippen LogP contribution in [0.1, 0.15) is 42.3 Å². The molecule has 1 amide bonds. The Labute approximate surface area is 113 Å². The molecule has 0 bridgehead atoms. The molecular formula is C14H20ClNO2. The molecule has 1 fully saturated rings. The second-order valence-electron chi connectivity index (χ2n) is 4.85. The quantitative estimate of drug-likeness (QED) is 0.786. The highest BCUT2D eigenvalue weighted by atomic mass is 35.5. The summed E-state index contributed by atoms with van der Waals surface area (Å²) in [5.41, 5.74) is 0.726. The van der Waals surface area contributed by atoms with E-state index in [0.29, 0.717) is 11.8 Å². The van der Waals surface area contributed by atoms with Gasteiger partial charge in [-0.25, -0.2) is 0 Å². The molecule has 3 nitrogen and oxygen atoms in total. The molecule has 0 saturated carbocycles. The van der Waals surface area contributed by atoms with Crippen LogP contribution in [0.3, 0.4) is 0 Å². The number of alkyl halides is 1. The average Bonchev–Trinajstić information content (AvgIpc) is 2.87. The molecule has 2 heterocycles. The molecule has 1 unspecified atom stereocenters. The molecule has 0 spiro atoms. The second-order valence-corrected chi connectivity index (χ2v) is 5.23. The molecule has 1 aromatic rings. The minimum Gasteiger partial charge on any atom is -0.469 e. The fraction of sp³-hybridized carbons (Fsp3) is 0.643. The van der Waals surface area contributed by atoms with Gasteiger partial charge in [-0.05, 0) is 31.2 Å². The first-order valence-corrected chi connectivity index (χ1v) is 7.21. The van der Waals surface area contributed by atoms with Crippen LogP contribution in [0.15, 0.2) is 16.7 Å². The first-order valence-electron chi connectivity index (χ1n) is 6.67. The van der Waals surface area contributed by atoms with Crippen LogP contribution in [0.4, 0.5) is 0 Å². The topological polar surface area (TPSA) is 33.5 Å². The molecule has 2 rings (SSSR count). The highest BCUT2D eigenvalue weighted by Crippen LogP contribution is 2.23. The van der Waals surface area contributed by atoms with Crippen molar-refractivity contribution in [3.63, 3.8) is 0 Å². The number of hydrogen-bond donors (Lipinski definition) is 0. The van der Waals surface area contributed by atoms with Gasteiger partial charge in [-0.2, -0.15) is 0 Å². The van der Waals surface area contributed by atoms with Gasteiger partial charge in [0.15, 0.2) is 0 Å².